The summed E-state index contributed by atoms with van der Waals surface area (Å²) in [7, 11) is 0. The molecule has 0 aromatic carbocycles. The van der Waals surface area contributed by atoms with Crippen LogP contribution in [0.5, 0.6) is 0 Å². The third-order valence-electron chi connectivity index (χ3n) is 2.41. The van der Waals surface area contributed by atoms with Gasteiger partial charge in [0.05, 0.1) is 18.6 Å². The highest BCUT2D eigenvalue weighted by Gasteiger charge is 2.42. The molecule has 1 aromatic rings. The molecule has 1 unspecified atom stereocenters. The lowest BCUT2D eigenvalue weighted by Crippen LogP contribution is -2.25. The van der Waals surface area contributed by atoms with Gasteiger partial charge in [0.25, 0.3) is 0 Å². The molecule has 0 aliphatic carbocycles. The van der Waals surface area contributed by atoms with Gasteiger partial charge in [-0.2, -0.15) is 0 Å². The Morgan fingerprint density at radius 2 is 2.46 bits per heavy atom. The molecule has 0 fully saturated rings. The minimum atomic E-state index is -0.432. The monoisotopic (exact) mass is 176 g/mol. The van der Waals surface area contributed by atoms with E-state index in [9.17, 15) is 0 Å². The maximum absolute atomic E-state index is 5.66. The average Bonchev–Trinajstić information content (AvgIpc) is 2.78. The zero-order chi connectivity index (χ0) is 8.73. The molecular formula is C9H8N2O2. The van der Waals surface area contributed by atoms with Crippen LogP contribution in [0.25, 0.3) is 0 Å². The Labute approximate surface area is 75.2 Å². The van der Waals surface area contributed by atoms with Gasteiger partial charge in [-0.05, 0) is 6.08 Å². The van der Waals surface area contributed by atoms with Gasteiger partial charge >= 0.3 is 0 Å². The van der Waals surface area contributed by atoms with E-state index in [1.54, 1.807) is 18.8 Å². The summed E-state index contributed by atoms with van der Waals surface area (Å²) in [6, 6.07) is 0. The first kappa shape index (κ1) is 7.03. The molecule has 1 atom stereocenters. The van der Waals surface area contributed by atoms with Crippen LogP contribution in [0.4, 0.5) is 0 Å². The van der Waals surface area contributed by atoms with Gasteiger partial charge in [0, 0.05) is 11.8 Å². The van der Waals surface area contributed by atoms with Crippen molar-refractivity contribution in [2.24, 2.45) is 0 Å². The molecule has 0 saturated carbocycles. The summed E-state index contributed by atoms with van der Waals surface area (Å²) in [5.74, 6) is 0. The summed E-state index contributed by atoms with van der Waals surface area (Å²) in [4.78, 5) is 8.18. The maximum atomic E-state index is 5.66. The van der Waals surface area contributed by atoms with Crippen molar-refractivity contribution in [3.63, 3.8) is 0 Å². The Kier molecular flexibility index (Phi) is 1.24. The summed E-state index contributed by atoms with van der Waals surface area (Å²) in [6.45, 7) is 1.10. The van der Waals surface area contributed by atoms with Gasteiger partial charge in [0.1, 0.15) is 12.9 Å². The van der Waals surface area contributed by atoms with Crippen molar-refractivity contribution in [2.45, 2.75) is 12.2 Å². The van der Waals surface area contributed by atoms with Crippen LogP contribution in [0, 0.1) is 0 Å². The van der Waals surface area contributed by atoms with Crippen LogP contribution in [0.15, 0.2) is 24.9 Å². The van der Waals surface area contributed by atoms with Crippen LogP contribution in [-0.4, -0.2) is 16.6 Å². The van der Waals surface area contributed by atoms with Crippen molar-refractivity contribution in [1.82, 2.24) is 9.97 Å². The van der Waals surface area contributed by atoms with Crippen molar-refractivity contribution in [2.75, 3.05) is 6.61 Å². The Balaban J connectivity index is 2.16. The minimum absolute atomic E-state index is 0.432. The van der Waals surface area contributed by atoms with Gasteiger partial charge in [-0.1, -0.05) is 0 Å². The third-order valence-corrected chi connectivity index (χ3v) is 2.41. The van der Waals surface area contributed by atoms with E-state index in [1.165, 1.54) is 0 Å². The lowest BCUT2D eigenvalue weighted by molar-refractivity contribution is -0.0254. The maximum Gasteiger partial charge on any atom is 0.166 e. The predicted octanol–water partition coefficient (Wildman–Crippen LogP) is 0.746. The van der Waals surface area contributed by atoms with Crippen LogP contribution in [0.1, 0.15) is 11.3 Å². The summed E-state index contributed by atoms with van der Waals surface area (Å²) in [6.07, 6.45) is 6.91. The van der Waals surface area contributed by atoms with Gasteiger partial charge in [-0.3, -0.25) is 0 Å². The fourth-order valence-electron chi connectivity index (χ4n) is 1.74. The molecule has 4 nitrogen and oxygen atoms in total. The van der Waals surface area contributed by atoms with Gasteiger partial charge in [0.15, 0.2) is 5.60 Å². The highest BCUT2D eigenvalue weighted by molar-refractivity contribution is 5.32. The quantitative estimate of drug-likeness (QED) is 0.585. The minimum Gasteiger partial charge on any atom is -0.498 e. The van der Waals surface area contributed by atoms with Crippen LogP contribution in [-0.2, 0) is 21.7 Å². The average molecular weight is 176 g/mol. The first-order valence-electron chi connectivity index (χ1n) is 4.13. The molecule has 2 aliphatic rings. The van der Waals surface area contributed by atoms with E-state index in [0.717, 1.165) is 11.3 Å². The molecule has 0 radical (unpaired) electrons. The number of ether oxygens (including phenoxy) is 2. The molecule has 0 amide bonds. The third kappa shape index (κ3) is 0.833. The summed E-state index contributed by atoms with van der Waals surface area (Å²) in [5, 5.41) is 0. The zero-order valence-electron chi connectivity index (χ0n) is 6.93. The molecule has 4 heteroatoms. The lowest BCUT2D eigenvalue weighted by atomic mass is 10.0. The predicted molar refractivity (Wildman–Crippen MR) is 43.6 cm³/mol. The number of nitrogens with zero attached hydrogens (tertiary/aromatic N) is 2. The molecule has 0 saturated heterocycles. The van der Waals surface area contributed by atoms with Crippen molar-refractivity contribution in [1.29, 1.82) is 0 Å². The molecule has 13 heavy (non-hydrogen) atoms. The Morgan fingerprint density at radius 3 is 3.31 bits per heavy atom. The van der Waals surface area contributed by atoms with E-state index in [4.69, 9.17) is 9.47 Å². The summed E-state index contributed by atoms with van der Waals surface area (Å²) in [5.41, 5.74) is 1.56. The second-order valence-electron chi connectivity index (χ2n) is 3.19. The number of rotatable bonds is 0. The van der Waals surface area contributed by atoms with E-state index in [0.29, 0.717) is 13.2 Å². The first-order valence-corrected chi connectivity index (χ1v) is 4.13. The number of hydrogen-bond donors (Lipinski definition) is 0. The molecule has 2 aliphatic heterocycles. The normalized spacial score (nSPS) is 29.2. The number of hydrogen-bond acceptors (Lipinski definition) is 4. The van der Waals surface area contributed by atoms with Crippen molar-refractivity contribution in [3.8, 4) is 0 Å². The van der Waals surface area contributed by atoms with Crippen LogP contribution in [0.2, 0.25) is 0 Å². The largest absolute Gasteiger partial charge is 0.498 e. The number of aromatic nitrogens is 2. The topological polar surface area (TPSA) is 44.2 Å². The van der Waals surface area contributed by atoms with E-state index < -0.39 is 5.60 Å². The van der Waals surface area contributed by atoms with Gasteiger partial charge in [-0.15, -0.1) is 0 Å². The van der Waals surface area contributed by atoms with E-state index in [1.807, 2.05) is 6.08 Å². The molecule has 0 N–H and O–H groups in total. The standard InChI is InChI=1S/C9H8N2O2/c1-2-12-5-9(1)8-7(4-13-9)3-10-6-11-8/h1-3,6H,4-5H2. The SMILES string of the molecule is C1=CC2(CO1)OCc1cncnc12. The Bertz CT molecular complexity index is 378. The van der Waals surface area contributed by atoms with Crippen LogP contribution >= 0.6 is 0 Å². The smallest absolute Gasteiger partial charge is 0.166 e. The molecule has 3 heterocycles. The van der Waals surface area contributed by atoms with Crippen LogP contribution < -0.4 is 0 Å². The molecule has 1 aromatic heterocycles. The van der Waals surface area contributed by atoms with E-state index in [-0.39, 0.29) is 0 Å². The molecular weight excluding hydrogens is 168 g/mol. The van der Waals surface area contributed by atoms with Crippen molar-refractivity contribution >= 4 is 0 Å². The van der Waals surface area contributed by atoms with Crippen LogP contribution in [0.3, 0.4) is 0 Å². The number of fused-ring (bicyclic) bond motifs is 2. The second kappa shape index (κ2) is 2.29. The highest BCUT2D eigenvalue weighted by Crippen LogP contribution is 2.38. The Morgan fingerprint density at radius 1 is 1.46 bits per heavy atom. The fourth-order valence-corrected chi connectivity index (χ4v) is 1.74. The first-order chi connectivity index (χ1) is 6.41. The van der Waals surface area contributed by atoms with Crippen molar-refractivity contribution < 1.29 is 9.47 Å². The summed E-state index contributed by atoms with van der Waals surface area (Å²) >= 11 is 0. The Hall–Kier alpha value is -1.42. The zero-order valence-corrected chi connectivity index (χ0v) is 6.93. The molecule has 1 spiro atoms. The summed E-state index contributed by atoms with van der Waals surface area (Å²) < 4.78 is 10.8. The second-order valence-corrected chi connectivity index (χ2v) is 3.19. The van der Waals surface area contributed by atoms with E-state index >= 15 is 0 Å². The van der Waals surface area contributed by atoms with Gasteiger partial charge in [0.2, 0.25) is 0 Å². The lowest BCUT2D eigenvalue weighted by Gasteiger charge is -2.17. The van der Waals surface area contributed by atoms with Gasteiger partial charge in [-0.25, -0.2) is 9.97 Å². The molecule has 0 bridgehead atoms. The fraction of sp³-hybridized carbons (Fsp3) is 0.333. The highest BCUT2D eigenvalue weighted by atomic mass is 16.6. The van der Waals surface area contributed by atoms with E-state index in [2.05, 4.69) is 9.97 Å². The molecule has 3 rings (SSSR count). The van der Waals surface area contributed by atoms with Crippen molar-refractivity contribution in [3.05, 3.63) is 36.1 Å². The van der Waals surface area contributed by atoms with Gasteiger partial charge < -0.3 is 9.47 Å². The molecule has 66 valence electrons.